The predicted molar refractivity (Wildman–Crippen MR) is 85.4 cm³/mol. The molecule has 0 aliphatic carbocycles. The normalized spacial score (nSPS) is 16.6. The molecule has 2 heterocycles. The molecule has 0 aromatic carbocycles. The highest BCUT2D eigenvalue weighted by Gasteiger charge is 2.32. The van der Waals surface area contributed by atoms with E-state index in [0.717, 1.165) is 25.9 Å². The largest absolute Gasteiger partial charge is 0.384 e. The molecule has 1 aromatic rings. The summed E-state index contributed by atoms with van der Waals surface area (Å²) in [6.45, 7) is 3.30. The second-order valence-corrected chi connectivity index (χ2v) is 5.46. The van der Waals surface area contributed by atoms with Gasteiger partial charge in [0, 0.05) is 24.4 Å². The second kappa shape index (κ2) is 9.52. The van der Waals surface area contributed by atoms with E-state index in [-0.39, 0.29) is 36.1 Å². The van der Waals surface area contributed by atoms with Crippen LogP contribution in [0.4, 0.5) is 0 Å². The summed E-state index contributed by atoms with van der Waals surface area (Å²) in [5, 5.41) is 8.08. The van der Waals surface area contributed by atoms with Gasteiger partial charge in [-0.3, -0.25) is 4.79 Å². The first kappa shape index (κ1) is 19.6. The van der Waals surface area contributed by atoms with Crippen molar-refractivity contribution in [3.05, 3.63) is 16.6 Å². The Kier molecular flexibility index (Phi) is 9.33. The quantitative estimate of drug-likeness (QED) is 0.856. The summed E-state index contributed by atoms with van der Waals surface area (Å²) < 4.78 is 5.32. The number of nitrogens with one attached hydrogen (secondary N) is 2. The smallest absolute Gasteiger partial charge is 0.270 e. The lowest BCUT2D eigenvalue weighted by Gasteiger charge is -2.37. The number of ether oxygens (including phenoxy) is 1. The Labute approximate surface area is 135 Å². The van der Waals surface area contributed by atoms with Gasteiger partial charge >= 0.3 is 0 Å². The molecule has 0 saturated carbocycles. The van der Waals surface area contributed by atoms with Gasteiger partial charge in [0.25, 0.3) is 5.91 Å². The van der Waals surface area contributed by atoms with Crippen LogP contribution < -0.4 is 10.6 Å². The fraction of sp³-hybridized carbons (Fsp3) is 0.667. The maximum Gasteiger partial charge on any atom is 0.270 e. The van der Waals surface area contributed by atoms with Gasteiger partial charge in [-0.1, -0.05) is 0 Å². The van der Waals surface area contributed by atoms with Gasteiger partial charge in [-0.05, 0) is 25.9 Å². The molecule has 116 valence electrons. The minimum atomic E-state index is -0.0924. The Morgan fingerprint density at radius 2 is 2.20 bits per heavy atom. The lowest BCUT2D eigenvalue weighted by atomic mass is 9.79. The predicted octanol–water partition coefficient (Wildman–Crippen LogP) is 1.73. The molecule has 0 spiro atoms. The first-order valence-corrected chi connectivity index (χ1v) is 7.06. The van der Waals surface area contributed by atoms with E-state index in [1.165, 1.54) is 11.3 Å². The van der Waals surface area contributed by atoms with Crippen LogP contribution in [0, 0.1) is 5.41 Å². The number of halogens is 2. The van der Waals surface area contributed by atoms with Crippen molar-refractivity contribution in [1.82, 2.24) is 15.6 Å². The van der Waals surface area contributed by atoms with Gasteiger partial charge in [0.2, 0.25) is 0 Å². The zero-order chi connectivity index (χ0) is 12.8. The molecule has 0 atom stereocenters. The Balaban J connectivity index is 0.00000180. The van der Waals surface area contributed by atoms with E-state index in [1.807, 2.05) is 0 Å². The summed E-state index contributed by atoms with van der Waals surface area (Å²) in [6, 6.07) is 0. The molecule has 1 amide bonds. The molecule has 0 radical (unpaired) electrons. The topological polar surface area (TPSA) is 63.2 Å². The average molecular weight is 342 g/mol. The van der Waals surface area contributed by atoms with Crippen LogP contribution in [0.1, 0.15) is 23.3 Å². The van der Waals surface area contributed by atoms with E-state index in [0.29, 0.717) is 18.8 Å². The van der Waals surface area contributed by atoms with Crippen LogP contribution in [-0.2, 0) is 4.74 Å². The fourth-order valence-electron chi connectivity index (χ4n) is 2.32. The van der Waals surface area contributed by atoms with Crippen molar-refractivity contribution in [2.75, 3.05) is 33.4 Å². The first-order chi connectivity index (χ1) is 8.76. The molecule has 5 nitrogen and oxygen atoms in total. The molecule has 1 aromatic heterocycles. The minimum Gasteiger partial charge on any atom is -0.384 e. The maximum absolute atomic E-state index is 11.9. The van der Waals surface area contributed by atoms with Crippen LogP contribution in [0.5, 0.6) is 0 Å². The van der Waals surface area contributed by atoms with Crippen LogP contribution in [0.25, 0.3) is 0 Å². The molecule has 0 bridgehead atoms. The van der Waals surface area contributed by atoms with Crippen LogP contribution in [-0.4, -0.2) is 44.2 Å². The van der Waals surface area contributed by atoms with Crippen molar-refractivity contribution in [3.8, 4) is 0 Å². The Bertz CT molecular complexity index is 379. The van der Waals surface area contributed by atoms with Crippen LogP contribution >= 0.6 is 36.2 Å². The van der Waals surface area contributed by atoms with E-state index in [2.05, 4.69) is 15.6 Å². The van der Waals surface area contributed by atoms with E-state index in [9.17, 15) is 4.79 Å². The number of amides is 1. The third-order valence-corrected chi connectivity index (χ3v) is 3.99. The van der Waals surface area contributed by atoms with Crippen molar-refractivity contribution in [1.29, 1.82) is 0 Å². The van der Waals surface area contributed by atoms with Gasteiger partial charge < -0.3 is 15.4 Å². The second-order valence-electron chi connectivity index (χ2n) is 4.74. The van der Waals surface area contributed by atoms with E-state index < -0.39 is 0 Å². The summed E-state index contributed by atoms with van der Waals surface area (Å²) in [7, 11) is 1.71. The average Bonchev–Trinajstić information content (AvgIpc) is 2.91. The first-order valence-electron chi connectivity index (χ1n) is 6.12. The molecular weight excluding hydrogens is 321 g/mol. The zero-order valence-electron chi connectivity index (χ0n) is 11.4. The third-order valence-electron chi connectivity index (χ3n) is 3.40. The van der Waals surface area contributed by atoms with Crippen molar-refractivity contribution >= 4 is 42.1 Å². The number of carbonyl (C=O) groups is 1. The van der Waals surface area contributed by atoms with Gasteiger partial charge in [0.15, 0.2) is 0 Å². The van der Waals surface area contributed by atoms with Gasteiger partial charge in [-0.25, -0.2) is 4.98 Å². The molecule has 1 fully saturated rings. The molecule has 8 heteroatoms. The number of thiazole rings is 1. The highest BCUT2D eigenvalue weighted by atomic mass is 35.5. The lowest BCUT2D eigenvalue weighted by molar-refractivity contribution is 0.0511. The molecule has 1 saturated heterocycles. The molecule has 1 aliphatic rings. The fourth-order valence-corrected chi connectivity index (χ4v) is 2.85. The molecule has 2 N–H and O–H groups in total. The van der Waals surface area contributed by atoms with Crippen LogP contribution in [0.2, 0.25) is 0 Å². The van der Waals surface area contributed by atoms with Crippen molar-refractivity contribution in [2.24, 2.45) is 5.41 Å². The Morgan fingerprint density at radius 3 is 2.75 bits per heavy atom. The van der Waals surface area contributed by atoms with Gasteiger partial charge in [-0.2, -0.15) is 0 Å². The van der Waals surface area contributed by atoms with E-state index in [1.54, 1.807) is 18.0 Å². The highest BCUT2D eigenvalue weighted by molar-refractivity contribution is 7.07. The van der Waals surface area contributed by atoms with Crippen molar-refractivity contribution in [3.63, 3.8) is 0 Å². The highest BCUT2D eigenvalue weighted by Crippen LogP contribution is 2.28. The van der Waals surface area contributed by atoms with Gasteiger partial charge in [-0.15, -0.1) is 36.2 Å². The van der Waals surface area contributed by atoms with Crippen molar-refractivity contribution < 1.29 is 9.53 Å². The monoisotopic (exact) mass is 341 g/mol. The van der Waals surface area contributed by atoms with E-state index >= 15 is 0 Å². The number of methoxy groups -OCH3 is 1. The molecular formula is C12H21Cl2N3O2S. The number of nitrogens with zero attached hydrogens (tertiary/aromatic N) is 1. The lowest BCUT2D eigenvalue weighted by Crippen LogP contribution is -2.47. The number of carbonyl (C=O) groups excluding carboxylic acids is 1. The summed E-state index contributed by atoms with van der Waals surface area (Å²) >= 11 is 1.43. The van der Waals surface area contributed by atoms with Crippen LogP contribution in [0.3, 0.4) is 0 Å². The molecule has 1 aliphatic heterocycles. The number of aromatic nitrogens is 1. The Morgan fingerprint density at radius 1 is 1.50 bits per heavy atom. The summed E-state index contributed by atoms with van der Waals surface area (Å²) in [5.41, 5.74) is 2.23. The van der Waals surface area contributed by atoms with Crippen molar-refractivity contribution in [2.45, 2.75) is 12.8 Å². The molecule has 2 rings (SSSR count). The maximum atomic E-state index is 11.9. The number of hydrogen-bond acceptors (Lipinski definition) is 5. The molecule has 0 unspecified atom stereocenters. The van der Waals surface area contributed by atoms with Crippen LogP contribution in [0.15, 0.2) is 10.9 Å². The number of hydrogen-bond donors (Lipinski definition) is 2. The minimum absolute atomic E-state index is 0. The SMILES string of the molecule is COCC1(CNC(=O)c2cscn2)CCNCC1.Cl.Cl. The standard InChI is InChI=1S/C12H19N3O2S.2ClH/c1-17-8-12(2-4-13-5-3-12)7-14-11(16)10-6-18-9-15-10;;/h6,9,13H,2-5,7-8H2,1H3,(H,14,16);2*1H. The number of rotatable bonds is 5. The van der Waals surface area contributed by atoms with E-state index in [4.69, 9.17) is 4.74 Å². The summed E-state index contributed by atoms with van der Waals surface area (Å²) in [4.78, 5) is 15.9. The molecule has 20 heavy (non-hydrogen) atoms. The third kappa shape index (κ3) is 5.18. The number of piperidine rings is 1. The van der Waals surface area contributed by atoms with Gasteiger partial charge in [0.05, 0.1) is 12.1 Å². The Hall–Kier alpha value is -0.400. The summed E-state index contributed by atoms with van der Waals surface area (Å²) in [6.07, 6.45) is 2.05. The zero-order valence-corrected chi connectivity index (χ0v) is 13.8. The van der Waals surface area contributed by atoms with Gasteiger partial charge in [0.1, 0.15) is 5.69 Å². The summed E-state index contributed by atoms with van der Waals surface area (Å²) in [5.74, 6) is -0.0924.